The fourth-order valence-electron chi connectivity index (χ4n) is 3.56. The predicted octanol–water partition coefficient (Wildman–Crippen LogP) is 6.17. The standard InChI is InChI=1S/C23H15F4NO/c24-19-11-5-10-17-20(14-6-2-1-3-7-14)18(22(29)21(17)19)13-28-16-9-4-8-15(12-16)23(25,26)27/h1-13,20,28H/b18-13+/t20-/m0/s1. The maximum atomic E-state index is 14.4. The van der Waals surface area contributed by atoms with Gasteiger partial charge in [-0.15, -0.1) is 0 Å². The van der Waals surface area contributed by atoms with Crippen molar-refractivity contribution in [2.75, 3.05) is 5.32 Å². The van der Waals surface area contributed by atoms with E-state index in [2.05, 4.69) is 5.32 Å². The first kappa shape index (κ1) is 18.9. The molecule has 0 saturated heterocycles. The first-order valence-corrected chi connectivity index (χ1v) is 8.88. The number of alkyl halides is 3. The highest BCUT2D eigenvalue weighted by atomic mass is 19.4. The van der Waals surface area contributed by atoms with Gasteiger partial charge in [0.1, 0.15) is 5.82 Å². The van der Waals surface area contributed by atoms with Gasteiger partial charge in [-0.2, -0.15) is 13.2 Å². The van der Waals surface area contributed by atoms with Gasteiger partial charge < -0.3 is 5.32 Å². The minimum atomic E-state index is -4.47. The van der Waals surface area contributed by atoms with Gasteiger partial charge >= 0.3 is 6.18 Å². The number of ketones is 1. The quantitative estimate of drug-likeness (QED) is 0.423. The predicted molar refractivity (Wildman–Crippen MR) is 102 cm³/mol. The lowest BCUT2D eigenvalue weighted by atomic mass is 9.90. The molecule has 1 atom stereocenters. The van der Waals surface area contributed by atoms with Crippen molar-refractivity contribution in [3.8, 4) is 0 Å². The fraction of sp³-hybridized carbons (Fsp3) is 0.0870. The lowest BCUT2D eigenvalue weighted by Gasteiger charge is -2.14. The molecule has 3 aromatic rings. The average molecular weight is 397 g/mol. The average Bonchev–Trinajstić information content (AvgIpc) is 2.99. The number of Topliss-reactive ketones (excluding diaryl/α,β-unsaturated/α-hetero) is 1. The summed E-state index contributed by atoms with van der Waals surface area (Å²) in [5, 5.41) is 2.78. The molecule has 1 N–H and O–H groups in total. The first-order valence-electron chi connectivity index (χ1n) is 8.88. The van der Waals surface area contributed by atoms with Crippen molar-refractivity contribution < 1.29 is 22.4 Å². The normalized spacial score (nSPS) is 17.4. The van der Waals surface area contributed by atoms with Crippen LogP contribution in [0.3, 0.4) is 0 Å². The van der Waals surface area contributed by atoms with Crippen molar-refractivity contribution in [3.05, 3.63) is 113 Å². The van der Waals surface area contributed by atoms with Crippen LogP contribution in [0.25, 0.3) is 0 Å². The van der Waals surface area contributed by atoms with Crippen LogP contribution in [0.1, 0.15) is 33.0 Å². The third-order valence-corrected chi connectivity index (χ3v) is 4.87. The molecule has 0 amide bonds. The molecule has 0 aromatic heterocycles. The van der Waals surface area contributed by atoms with Crippen LogP contribution in [0, 0.1) is 5.82 Å². The molecular formula is C23H15F4NO. The highest BCUT2D eigenvalue weighted by molar-refractivity contribution is 6.15. The largest absolute Gasteiger partial charge is 0.416 e. The Labute approximate surface area is 164 Å². The molecule has 0 heterocycles. The molecular weight excluding hydrogens is 382 g/mol. The number of fused-ring (bicyclic) bond motifs is 1. The Morgan fingerprint density at radius 3 is 2.34 bits per heavy atom. The van der Waals surface area contributed by atoms with Gasteiger partial charge in [-0.05, 0) is 35.4 Å². The van der Waals surface area contributed by atoms with Gasteiger partial charge in [-0.25, -0.2) is 4.39 Å². The summed E-state index contributed by atoms with van der Waals surface area (Å²) in [6.45, 7) is 0. The molecule has 6 heteroatoms. The Kier molecular flexibility index (Phi) is 4.70. The highest BCUT2D eigenvalue weighted by Gasteiger charge is 2.37. The monoisotopic (exact) mass is 397 g/mol. The number of nitrogens with one attached hydrogen (secondary N) is 1. The van der Waals surface area contributed by atoms with E-state index in [1.165, 1.54) is 24.4 Å². The summed E-state index contributed by atoms with van der Waals surface area (Å²) in [6, 6.07) is 18.3. The number of halogens is 4. The number of rotatable bonds is 3. The number of allylic oxidation sites excluding steroid dienone is 1. The van der Waals surface area contributed by atoms with Gasteiger partial charge in [0.05, 0.1) is 11.1 Å². The first-order chi connectivity index (χ1) is 13.9. The van der Waals surface area contributed by atoms with Gasteiger partial charge in [0.15, 0.2) is 5.78 Å². The lowest BCUT2D eigenvalue weighted by Crippen LogP contribution is -2.07. The zero-order valence-electron chi connectivity index (χ0n) is 15.0. The number of carbonyl (C=O) groups excluding carboxylic acids is 1. The van der Waals surface area contributed by atoms with E-state index in [0.29, 0.717) is 5.56 Å². The fourth-order valence-corrected chi connectivity index (χ4v) is 3.56. The Bertz CT molecular complexity index is 1100. The summed E-state index contributed by atoms with van der Waals surface area (Å²) >= 11 is 0. The number of carbonyl (C=O) groups is 1. The maximum Gasteiger partial charge on any atom is 0.416 e. The molecule has 1 aliphatic rings. The molecule has 0 fully saturated rings. The topological polar surface area (TPSA) is 29.1 Å². The van der Waals surface area contributed by atoms with Crippen LogP contribution >= 0.6 is 0 Å². The molecule has 0 radical (unpaired) electrons. The summed E-state index contributed by atoms with van der Waals surface area (Å²) in [5.41, 5.74) is 0.990. The second kappa shape index (κ2) is 7.20. The van der Waals surface area contributed by atoms with Gasteiger partial charge in [-0.3, -0.25) is 4.79 Å². The van der Waals surface area contributed by atoms with Gasteiger partial charge in [0.25, 0.3) is 0 Å². The second-order valence-electron chi connectivity index (χ2n) is 6.70. The zero-order chi connectivity index (χ0) is 20.6. The molecule has 0 bridgehead atoms. The van der Waals surface area contributed by atoms with E-state index >= 15 is 0 Å². The van der Waals surface area contributed by atoms with Crippen LogP contribution in [0.15, 0.2) is 84.6 Å². The Morgan fingerprint density at radius 1 is 0.897 bits per heavy atom. The minimum Gasteiger partial charge on any atom is -0.361 e. The van der Waals surface area contributed by atoms with Crippen molar-refractivity contribution in [2.24, 2.45) is 0 Å². The van der Waals surface area contributed by atoms with Crippen LogP contribution in [0.5, 0.6) is 0 Å². The van der Waals surface area contributed by atoms with Crippen LogP contribution in [0.2, 0.25) is 0 Å². The summed E-state index contributed by atoms with van der Waals surface area (Å²) in [5.74, 6) is -1.60. The Hall–Kier alpha value is -3.41. The number of hydrogen-bond donors (Lipinski definition) is 1. The summed E-state index contributed by atoms with van der Waals surface area (Å²) in [6.07, 6.45) is -3.10. The molecule has 3 aromatic carbocycles. The molecule has 146 valence electrons. The lowest BCUT2D eigenvalue weighted by molar-refractivity contribution is -0.137. The smallest absolute Gasteiger partial charge is 0.361 e. The van der Waals surface area contributed by atoms with Crippen LogP contribution in [-0.2, 0) is 6.18 Å². The minimum absolute atomic E-state index is 0.00144. The molecule has 4 rings (SSSR count). The van der Waals surface area contributed by atoms with E-state index < -0.39 is 29.3 Å². The SMILES string of the molecule is O=C1/C(=C/Nc2cccc(C(F)(F)F)c2)[C@@H](c2ccccc2)c2cccc(F)c21. The number of benzene rings is 3. The van der Waals surface area contributed by atoms with Crippen molar-refractivity contribution in [1.82, 2.24) is 0 Å². The summed E-state index contributed by atoms with van der Waals surface area (Å²) < 4.78 is 53.2. The number of hydrogen-bond acceptors (Lipinski definition) is 2. The molecule has 0 saturated carbocycles. The molecule has 0 unspecified atom stereocenters. The van der Waals surface area contributed by atoms with Crippen LogP contribution < -0.4 is 5.32 Å². The Morgan fingerprint density at radius 2 is 1.62 bits per heavy atom. The second-order valence-corrected chi connectivity index (χ2v) is 6.70. The van der Waals surface area contributed by atoms with E-state index in [1.807, 2.05) is 30.3 Å². The van der Waals surface area contributed by atoms with Gasteiger partial charge in [0, 0.05) is 23.4 Å². The molecule has 2 nitrogen and oxygen atoms in total. The van der Waals surface area contributed by atoms with E-state index in [1.54, 1.807) is 12.1 Å². The molecule has 29 heavy (non-hydrogen) atoms. The summed E-state index contributed by atoms with van der Waals surface area (Å²) in [4.78, 5) is 12.9. The summed E-state index contributed by atoms with van der Waals surface area (Å²) in [7, 11) is 0. The molecule has 0 aliphatic heterocycles. The maximum absolute atomic E-state index is 14.4. The third-order valence-electron chi connectivity index (χ3n) is 4.87. The van der Waals surface area contributed by atoms with Gasteiger partial charge in [0.2, 0.25) is 0 Å². The van der Waals surface area contributed by atoms with Crippen molar-refractivity contribution in [1.29, 1.82) is 0 Å². The molecule has 1 aliphatic carbocycles. The van der Waals surface area contributed by atoms with Crippen molar-refractivity contribution in [2.45, 2.75) is 12.1 Å². The van der Waals surface area contributed by atoms with E-state index in [4.69, 9.17) is 0 Å². The third kappa shape index (κ3) is 3.53. The molecule has 0 spiro atoms. The highest BCUT2D eigenvalue weighted by Crippen LogP contribution is 2.43. The van der Waals surface area contributed by atoms with E-state index in [9.17, 15) is 22.4 Å². The van der Waals surface area contributed by atoms with Crippen LogP contribution in [0.4, 0.5) is 23.2 Å². The zero-order valence-corrected chi connectivity index (χ0v) is 15.0. The van der Waals surface area contributed by atoms with Gasteiger partial charge in [-0.1, -0.05) is 48.5 Å². The van der Waals surface area contributed by atoms with Crippen LogP contribution in [-0.4, -0.2) is 5.78 Å². The van der Waals surface area contributed by atoms with Crippen molar-refractivity contribution >= 4 is 11.5 Å². The van der Waals surface area contributed by atoms with E-state index in [0.717, 1.165) is 17.7 Å². The number of anilines is 1. The van der Waals surface area contributed by atoms with E-state index in [-0.39, 0.29) is 16.8 Å². The Balaban J connectivity index is 1.76. The van der Waals surface area contributed by atoms with Crippen molar-refractivity contribution in [3.63, 3.8) is 0 Å².